The predicted molar refractivity (Wildman–Crippen MR) is 63.0 cm³/mol. The van der Waals surface area contributed by atoms with Crippen molar-refractivity contribution in [3.05, 3.63) is 34.2 Å². The largest absolute Gasteiger partial charge is 0.379 e. The SMILES string of the molecule is CC1(NC(=O)c2c[nH]ccc2=O)CCCOC1. The van der Waals surface area contributed by atoms with E-state index in [9.17, 15) is 9.59 Å². The number of carbonyl (C=O) groups excluding carboxylic acids is 1. The maximum Gasteiger partial charge on any atom is 0.257 e. The normalized spacial score (nSPS) is 24.3. The first-order chi connectivity index (χ1) is 8.11. The molecule has 0 aliphatic carbocycles. The molecule has 1 aliphatic rings. The van der Waals surface area contributed by atoms with Gasteiger partial charge in [-0.25, -0.2) is 0 Å². The number of aromatic nitrogens is 1. The molecule has 1 unspecified atom stereocenters. The summed E-state index contributed by atoms with van der Waals surface area (Å²) in [5.74, 6) is -0.347. The van der Waals surface area contributed by atoms with Gasteiger partial charge in [0.1, 0.15) is 5.56 Å². The number of ether oxygens (including phenoxy) is 1. The van der Waals surface area contributed by atoms with Gasteiger partial charge in [-0.2, -0.15) is 0 Å². The fourth-order valence-corrected chi connectivity index (χ4v) is 1.97. The molecule has 2 N–H and O–H groups in total. The first kappa shape index (κ1) is 11.9. The molecule has 1 fully saturated rings. The quantitative estimate of drug-likeness (QED) is 0.793. The first-order valence-corrected chi connectivity index (χ1v) is 5.68. The van der Waals surface area contributed by atoms with E-state index in [1.54, 1.807) is 0 Å². The summed E-state index contributed by atoms with van der Waals surface area (Å²) in [6.07, 6.45) is 4.71. The minimum atomic E-state index is -0.377. The fraction of sp³-hybridized carbons (Fsp3) is 0.500. The van der Waals surface area contributed by atoms with E-state index in [4.69, 9.17) is 4.74 Å². The third-order valence-corrected chi connectivity index (χ3v) is 2.92. The highest BCUT2D eigenvalue weighted by Gasteiger charge is 2.30. The maximum absolute atomic E-state index is 12.0. The summed E-state index contributed by atoms with van der Waals surface area (Å²) < 4.78 is 5.35. The van der Waals surface area contributed by atoms with Crippen LogP contribution >= 0.6 is 0 Å². The average Bonchev–Trinajstić information content (AvgIpc) is 2.29. The van der Waals surface area contributed by atoms with Crippen molar-refractivity contribution in [2.24, 2.45) is 0 Å². The van der Waals surface area contributed by atoms with Crippen molar-refractivity contribution in [1.29, 1.82) is 0 Å². The van der Waals surface area contributed by atoms with Gasteiger partial charge in [0.25, 0.3) is 5.91 Å². The highest BCUT2D eigenvalue weighted by atomic mass is 16.5. The number of pyridine rings is 1. The Hall–Kier alpha value is -1.62. The van der Waals surface area contributed by atoms with Gasteiger partial charge in [-0.3, -0.25) is 9.59 Å². The molecule has 1 aliphatic heterocycles. The number of hydrogen-bond donors (Lipinski definition) is 2. The molecule has 1 atom stereocenters. The Balaban J connectivity index is 2.11. The van der Waals surface area contributed by atoms with Crippen molar-refractivity contribution in [2.75, 3.05) is 13.2 Å². The summed E-state index contributed by atoms with van der Waals surface area (Å²) in [6.45, 7) is 3.15. The molecule has 1 aromatic heterocycles. The number of nitrogens with one attached hydrogen (secondary N) is 2. The number of hydrogen-bond acceptors (Lipinski definition) is 3. The van der Waals surface area contributed by atoms with E-state index >= 15 is 0 Å². The van der Waals surface area contributed by atoms with Crippen molar-refractivity contribution >= 4 is 5.91 Å². The standard InChI is InChI=1S/C12H16N2O3/c1-12(4-2-6-17-8-12)14-11(16)9-7-13-5-3-10(9)15/h3,5,7H,2,4,6,8H2,1H3,(H,13,15)(H,14,16). The average molecular weight is 236 g/mol. The monoisotopic (exact) mass is 236 g/mol. The zero-order valence-corrected chi connectivity index (χ0v) is 9.79. The molecule has 0 radical (unpaired) electrons. The molecule has 1 aromatic rings. The van der Waals surface area contributed by atoms with Gasteiger partial charge in [0.15, 0.2) is 5.43 Å². The van der Waals surface area contributed by atoms with Crippen LogP contribution in [0, 0.1) is 0 Å². The van der Waals surface area contributed by atoms with Gasteiger partial charge in [0.05, 0.1) is 12.1 Å². The van der Waals surface area contributed by atoms with E-state index in [1.807, 2.05) is 6.92 Å². The molecule has 17 heavy (non-hydrogen) atoms. The van der Waals surface area contributed by atoms with E-state index < -0.39 is 0 Å². The van der Waals surface area contributed by atoms with Crippen LogP contribution in [0.1, 0.15) is 30.1 Å². The van der Waals surface area contributed by atoms with Crippen LogP contribution in [0.3, 0.4) is 0 Å². The first-order valence-electron chi connectivity index (χ1n) is 5.68. The van der Waals surface area contributed by atoms with Gasteiger partial charge < -0.3 is 15.0 Å². The van der Waals surface area contributed by atoms with Gasteiger partial charge in [0, 0.05) is 25.1 Å². The van der Waals surface area contributed by atoms with Gasteiger partial charge >= 0.3 is 0 Å². The Kier molecular flexibility index (Phi) is 3.28. The topological polar surface area (TPSA) is 71.2 Å². The molecule has 1 saturated heterocycles. The molecule has 5 heteroatoms. The van der Waals surface area contributed by atoms with E-state index in [1.165, 1.54) is 18.5 Å². The fourth-order valence-electron chi connectivity index (χ4n) is 1.97. The number of aromatic amines is 1. The second kappa shape index (κ2) is 4.71. The zero-order chi connectivity index (χ0) is 12.3. The molecule has 92 valence electrons. The lowest BCUT2D eigenvalue weighted by atomic mass is 9.94. The molecule has 5 nitrogen and oxygen atoms in total. The Morgan fingerprint density at radius 2 is 2.41 bits per heavy atom. The van der Waals surface area contributed by atoms with Gasteiger partial charge in [-0.05, 0) is 19.8 Å². The Morgan fingerprint density at radius 3 is 3.06 bits per heavy atom. The van der Waals surface area contributed by atoms with Crippen molar-refractivity contribution in [1.82, 2.24) is 10.3 Å². The number of H-pyrrole nitrogens is 1. The molecule has 0 saturated carbocycles. The van der Waals surface area contributed by atoms with Crippen molar-refractivity contribution in [3.8, 4) is 0 Å². The molecular formula is C12H16N2O3. The van der Waals surface area contributed by atoms with E-state index in [0.29, 0.717) is 6.61 Å². The Bertz CT molecular complexity index is 461. The van der Waals surface area contributed by atoms with Gasteiger partial charge in [-0.1, -0.05) is 0 Å². The lowest BCUT2D eigenvalue weighted by Gasteiger charge is -2.34. The summed E-state index contributed by atoms with van der Waals surface area (Å²) in [6, 6.07) is 1.34. The molecule has 0 aromatic carbocycles. The summed E-state index contributed by atoms with van der Waals surface area (Å²) >= 11 is 0. The molecule has 1 amide bonds. The number of carbonyl (C=O) groups is 1. The van der Waals surface area contributed by atoms with Gasteiger partial charge in [0.2, 0.25) is 0 Å². The highest BCUT2D eigenvalue weighted by molar-refractivity contribution is 5.94. The van der Waals surface area contributed by atoms with Crippen LogP contribution in [0.2, 0.25) is 0 Å². The Morgan fingerprint density at radius 1 is 1.59 bits per heavy atom. The van der Waals surface area contributed by atoms with Crippen LogP contribution in [0.15, 0.2) is 23.3 Å². The summed E-state index contributed by atoms with van der Waals surface area (Å²) in [7, 11) is 0. The molecule has 0 spiro atoms. The smallest absolute Gasteiger partial charge is 0.257 e. The van der Waals surface area contributed by atoms with Crippen molar-refractivity contribution < 1.29 is 9.53 Å². The van der Waals surface area contributed by atoms with Crippen LogP contribution in [0.4, 0.5) is 0 Å². The summed E-state index contributed by atoms with van der Waals surface area (Å²) in [5, 5.41) is 2.87. The second-order valence-electron chi connectivity index (χ2n) is 4.59. The molecular weight excluding hydrogens is 220 g/mol. The molecule has 2 heterocycles. The van der Waals surface area contributed by atoms with Crippen LogP contribution in [-0.4, -0.2) is 29.6 Å². The third-order valence-electron chi connectivity index (χ3n) is 2.92. The minimum absolute atomic E-state index is 0.138. The lowest BCUT2D eigenvalue weighted by Crippen LogP contribution is -2.52. The van der Waals surface area contributed by atoms with Crippen LogP contribution in [0.5, 0.6) is 0 Å². The van der Waals surface area contributed by atoms with Gasteiger partial charge in [-0.15, -0.1) is 0 Å². The Labute approximate surface area is 99.2 Å². The third kappa shape index (κ3) is 2.74. The highest BCUT2D eigenvalue weighted by Crippen LogP contribution is 2.18. The number of amides is 1. The van der Waals surface area contributed by atoms with Crippen molar-refractivity contribution in [3.63, 3.8) is 0 Å². The lowest BCUT2D eigenvalue weighted by molar-refractivity contribution is 0.0272. The van der Waals surface area contributed by atoms with E-state index in [-0.39, 0.29) is 22.4 Å². The van der Waals surface area contributed by atoms with Crippen molar-refractivity contribution in [2.45, 2.75) is 25.3 Å². The minimum Gasteiger partial charge on any atom is -0.379 e. The maximum atomic E-state index is 12.0. The van der Waals surface area contributed by atoms with Crippen LogP contribution in [-0.2, 0) is 4.74 Å². The van der Waals surface area contributed by atoms with E-state index in [2.05, 4.69) is 10.3 Å². The predicted octanol–water partition coefficient (Wildman–Crippen LogP) is 0.674. The van der Waals surface area contributed by atoms with Crippen LogP contribution < -0.4 is 10.7 Å². The van der Waals surface area contributed by atoms with E-state index in [0.717, 1.165) is 19.4 Å². The molecule has 2 rings (SSSR count). The summed E-state index contributed by atoms with van der Waals surface area (Å²) in [5.41, 5.74) is -0.515. The zero-order valence-electron chi connectivity index (χ0n) is 9.79. The van der Waals surface area contributed by atoms with Crippen LogP contribution in [0.25, 0.3) is 0 Å². The summed E-state index contributed by atoms with van der Waals surface area (Å²) in [4.78, 5) is 26.2. The second-order valence-corrected chi connectivity index (χ2v) is 4.59. The molecule has 0 bridgehead atoms. The number of rotatable bonds is 2.